The maximum atomic E-state index is 13.1. The highest BCUT2D eigenvalue weighted by Crippen LogP contribution is 2.32. The highest BCUT2D eigenvalue weighted by molar-refractivity contribution is 6.31. The van der Waals surface area contributed by atoms with Crippen LogP contribution in [0.15, 0.2) is 48.5 Å². The molecule has 0 bridgehead atoms. The molecule has 2 N–H and O–H groups in total. The summed E-state index contributed by atoms with van der Waals surface area (Å²) in [6.07, 6.45) is -4.30. The maximum Gasteiger partial charge on any atom is 0.416 e. The normalized spacial score (nSPS) is 15.1. The summed E-state index contributed by atoms with van der Waals surface area (Å²) in [6, 6.07) is 13.6. The minimum atomic E-state index is -4.30. The molecule has 1 aliphatic heterocycles. The highest BCUT2D eigenvalue weighted by Gasteiger charge is 2.33. The third-order valence-corrected chi connectivity index (χ3v) is 5.09. The molecule has 10 heteroatoms. The molecular weight excluding hydrogens is 437 g/mol. The van der Waals surface area contributed by atoms with Gasteiger partial charge in [0.2, 0.25) is 0 Å². The topological polar surface area (TPSA) is 81.1 Å². The minimum absolute atomic E-state index is 0.329. The first-order valence-corrected chi connectivity index (χ1v) is 9.75. The monoisotopic (exact) mass is 458 g/mol. The fraction of sp³-hybridized carbons (Fsp3) is 0.333. The Morgan fingerprint density at radius 1 is 0.806 bits per heavy atom. The summed E-state index contributed by atoms with van der Waals surface area (Å²) >= 11 is 6.20. The molecule has 0 amide bonds. The molecule has 3 rings (SSSR count). The number of carboxylic acid groups (broad SMARTS) is 2. The summed E-state index contributed by atoms with van der Waals surface area (Å²) in [4.78, 5) is 22.6. The van der Waals surface area contributed by atoms with Crippen molar-refractivity contribution in [3.63, 3.8) is 0 Å². The largest absolute Gasteiger partial charge is 0.473 e. The van der Waals surface area contributed by atoms with Crippen LogP contribution in [0.1, 0.15) is 16.7 Å². The molecule has 0 atom stereocenters. The van der Waals surface area contributed by atoms with Crippen molar-refractivity contribution in [3.05, 3.63) is 70.2 Å². The molecule has 2 aromatic carbocycles. The van der Waals surface area contributed by atoms with Gasteiger partial charge in [0, 0.05) is 44.3 Å². The van der Waals surface area contributed by atoms with Crippen LogP contribution >= 0.6 is 11.6 Å². The van der Waals surface area contributed by atoms with Crippen LogP contribution in [0.2, 0.25) is 5.02 Å². The second kappa shape index (κ2) is 11.1. The molecule has 0 unspecified atom stereocenters. The summed E-state index contributed by atoms with van der Waals surface area (Å²) in [5.41, 5.74) is 0.892. The van der Waals surface area contributed by atoms with Gasteiger partial charge in [-0.05, 0) is 23.3 Å². The molecular formula is C21H22ClF3N2O4. The van der Waals surface area contributed by atoms with Crippen LogP contribution in [-0.4, -0.2) is 58.1 Å². The second-order valence-electron chi connectivity index (χ2n) is 6.91. The van der Waals surface area contributed by atoms with Gasteiger partial charge in [0.25, 0.3) is 0 Å². The van der Waals surface area contributed by atoms with Gasteiger partial charge >= 0.3 is 18.1 Å². The van der Waals surface area contributed by atoms with Crippen LogP contribution in [0.4, 0.5) is 13.2 Å². The summed E-state index contributed by atoms with van der Waals surface area (Å²) in [5, 5.41) is 15.5. The zero-order valence-electron chi connectivity index (χ0n) is 16.5. The number of nitrogens with zero attached hydrogens (tertiary/aromatic N) is 2. The van der Waals surface area contributed by atoms with Crippen LogP contribution < -0.4 is 0 Å². The number of benzene rings is 2. The maximum absolute atomic E-state index is 13.1. The van der Waals surface area contributed by atoms with Crippen molar-refractivity contribution in [1.82, 2.24) is 9.80 Å². The van der Waals surface area contributed by atoms with Gasteiger partial charge < -0.3 is 10.2 Å². The van der Waals surface area contributed by atoms with E-state index in [1.165, 1.54) is 6.07 Å². The molecule has 2 aromatic rings. The number of halogens is 4. The molecule has 1 fully saturated rings. The van der Waals surface area contributed by atoms with Gasteiger partial charge in [-0.15, -0.1) is 0 Å². The van der Waals surface area contributed by atoms with Crippen molar-refractivity contribution in [2.45, 2.75) is 19.3 Å². The Hall–Kier alpha value is -2.62. The van der Waals surface area contributed by atoms with E-state index in [0.717, 1.165) is 49.4 Å². The molecule has 1 saturated heterocycles. The van der Waals surface area contributed by atoms with E-state index in [1.807, 2.05) is 24.3 Å². The van der Waals surface area contributed by atoms with Gasteiger partial charge in [-0.2, -0.15) is 13.2 Å². The first kappa shape index (κ1) is 24.6. The lowest BCUT2D eigenvalue weighted by Gasteiger charge is -2.35. The fourth-order valence-corrected chi connectivity index (χ4v) is 3.34. The van der Waals surface area contributed by atoms with Crippen LogP contribution in [0.3, 0.4) is 0 Å². The molecule has 168 valence electrons. The summed E-state index contributed by atoms with van der Waals surface area (Å²) < 4.78 is 39.3. The molecule has 31 heavy (non-hydrogen) atoms. The van der Waals surface area contributed by atoms with Gasteiger partial charge in [-0.3, -0.25) is 9.80 Å². The van der Waals surface area contributed by atoms with E-state index >= 15 is 0 Å². The van der Waals surface area contributed by atoms with Crippen molar-refractivity contribution in [2.75, 3.05) is 26.2 Å². The van der Waals surface area contributed by atoms with Gasteiger partial charge in [0.05, 0.1) is 5.56 Å². The zero-order chi connectivity index (χ0) is 23.0. The van der Waals surface area contributed by atoms with E-state index < -0.39 is 23.7 Å². The smallest absolute Gasteiger partial charge is 0.416 e. The van der Waals surface area contributed by atoms with Crippen LogP contribution in [0.25, 0.3) is 0 Å². The number of carbonyl (C=O) groups is 2. The molecule has 0 aromatic heterocycles. The van der Waals surface area contributed by atoms with Crippen molar-refractivity contribution in [3.8, 4) is 0 Å². The van der Waals surface area contributed by atoms with Gasteiger partial charge in [-0.1, -0.05) is 48.0 Å². The number of hydrogen-bond donors (Lipinski definition) is 2. The lowest BCUT2D eigenvalue weighted by Crippen LogP contribution is -2.45. The molecule has 0 radical (unpaired) electrons. The fourth-order valence-electron chi connectivity index (χ4n) is 3.15. The Balaban J connectivity index is 0.000000501. The van der Waals surface area contributed by atoms with Crippen LogP contribution in [-0.2, 0) is 28.9 Å². The first-order valence-electron chi connectivity index (χ1n) is 9.37. The Bertz CT molecular complexity index is 888. The Labute approximate surface area is 182 Å². The van der Waals surface area contributed by atoms with Crippen molar-refractivity contribution < 1.29 is 33.0 Å². The minimum Gasteiger partial charge on any atom is -0.473 e. The van der Waals surface area contributed by atoms with E-state index in [4.69, 9.17) is 31.4 Å². The third-order valence-electron chi connectivity index (χ3n) is 4.72. The van der Waals surface area contributed by atoms with Gasteiger partial charge in [0.1, 0.15) is 0 Å². The molecule has 0 aliphatic carbocycles. The SMILES string of the molecule is FC(F)(F)c1ccccc1CN1CCN(Cc2ccccc2Cl)CC1.O=C(O)C(=O)O. The van der Waals surface area contributed by atoms with E-state index in [-0.39, 0.29) is 0 Å². The summed E-state index contributed by atoms with van der Waals surface area (Å²) in [7, 11) is 0. The standard InChI is InChI=1S/C19H20ClF3N2.C2H2O4/c20-18-8-4-2-6-16(18)14-25-11-9-24(10-12-25)13-15-5-1-3-7-17(15)19(21,22)23;3-1(4)2(5)6/h1-8H,9-14H2;(H,3,4)(H,5,6). The third kappa shape index (κ3) is 7.86. The predicted molar refractivity (Wildman–Crippen MR) is 109 cm³/mol. The molecule has 0 saturated carbocycles. The number of aliphatic carboxylic acids is 2. The van der Waals surface area contributed by atoms with Gasteiger partial charge in [-0.25, -0.2) is 9.59 Å². The number of carboxylic acids is 2. The van der Waals surface area contributed by atoms with E-state index in [1.54, 1.807) is 12.1 Å². The number of piperazine rings is 1. The summed E-state index contributed by atoms with van der Waals surface area (Å²) in [6.45, 7) is 4.23. The van der Waals surface area contributed by atoms with E-state index in [9.17, 15) is 13.2 Å². The van der Waals surface area contributed by atoms with E-state index in [0.29, 0.717) is 12.1 Å². The lowest BCUT2D eigenvalue weighted by molar-refractivity contribution is -0.159. The second-order valence-corrected chi connectivity index (χ2v) is 7.32. The van der Waals surface area contributed by atoms with Crippen LogP contribution in [0, 0.1) is 0 Å². The Morgan fingerprint density at radius 3 is 1.68 bits per heavy atom. The lowest BCUT2D eigenvalue weighted by atomic mass is 10.1. The average molecular weight is 459 g/mol. The first-order chi connectivity index (χ1) is 14.6. The summed E-state index contributed by atoms with van der Waals surface area (Å²) in [5.74, 6) is -3.65. The molecule has 6 nitrogen and oxygen atoms in total. The molecule has 1 aliphatic rings. The quantitative estimate of drug-likeness (QED) is 0.678. The zero-order valence-corrected chi connectivity index (χ0v) is 17.2. The van der Waals surface area contributed by atoms with Crippen molar-refractivity contribution in [1.29, 1.82) is 0 Å². The van der Waals surface area contributed by atoms with Gasteiger partial charge in [0.15, 0.2) is 0 Å². The predicted octanol–water partition coefficient (Wildman–Crippen LogP) is 3.83. The molecule has 1 heterocycles. The molecule has 0 spiro atoms. The van der Waals surface area contributed by atoms with Crippen molar-refractivity contribution in [2.24, 2.45) is 0 Å². The van der Waals surface area contributed by atoms with Crippen LogP contribution in [0.5, 0.6) is 0 Å². The number of alkyl halides is 3. The average Bonchev–Trinajstić information content (AvgIpc) is 2.71. The van der Waals surface area contributed by atoms with Crippen molar-refractivity contribution >= 4 is 23.5 Å². The Kier molecular flexibility index (Phi) is 8.85. The highest BCUT2D eigenvalue weighted by atomic mass is 35.5. The Morgan fingerprint density at radius 2 is 1.23 bits per heavy atom. The number of hydrogen-bond acceptors (Lipinski definition) is 4. The van der Waals surface area contributed by atoms with E-state index in [2.05, 4.69) is 9.80 Å². The number of rotatable bonds is 4.